The second-order valence-corrected chi connectivity index (χ2v) is 6.41. The molecule has 2 aromatic rings. The molecule has 0 spiro atoms. The normalized spacial score (nSPS) is 14.1. The zero-order valence-electron chi connectivity index (χ0n) is 14.1. The molecular weight excluding hydrogens is 376 g/mol. The van der Waals surface area contributed by atoms with E-state index in [4.69, 9.17) is 11.6 Å². The van der Waals surface area contributed by atoms with Gasteiger partial charge in [0, 0.05) is 55.0 Å². The Kier molecular flexibility index (Phi) is 5.22. The molecule has 0 unspecified atom stereocenters. The number of nitrogens with zero attached hydrogens (tertiary/aromatic N) is 4. The third-order valence-electron chi connectivity index (χ3n) is 4.37. The summed E-state index contributed by atoms with van der Waals surface area (Å²) in [5.41, 5.74) is 0.683. The standard InChI is InChI=1S/C17H15ClN4O5/c18-13-3-6-15(16(11-13)22(26)27)19-7-9-20(10-8-19)17(23)12-1-4-14(5-2-12)21(24)25/h1-6,11H,7-10H2. The van der Waals surface area contributed by atoms with Crippen LogP contribution >= 0.6 is 11.6 Å². The van der Waals surface area contributed by atoms with Crippen molar-refractivity contribution in [1.29, 1.82) is 0 Å². The minimum absolute atomic E-state index is 0.0716. The molecule has 9 nitrogen and oxygen atoms in total. The number of hydrogen-bond acceptors (Lipinski definition) is 6. The lowest BCUT2D eigenvalue weighted by Crippen LogP contribution is -2.48. The number of carbonyl (C=O) groups is 1. The molecule has 0 radical (unpaired) electrons. The average Bonchev–Trinajstić information content (AvgIpc) is 2.67. The summed E-state index contributed by atoms with van der Waals surface area (Å²) in [7, 11) is 0. The van der Waals surface area contributed by atoms with Crippen molar-refractivity contribution < 1.29 is 14.6 Å². The summed E-state index contributed by atoms with van der Waals surface area (Å²) in [4.78, 5) is 37.0. The van der Waals surface area contributed by atoms with E-state index in [1.54, 1.807) is 17.0 Å². The van der Waals surface area contributed by atoms with Gasteiger partial charge in [0.2, 0.25) is 0 Å². The van der Waals surface area contributed by atoms with Crippen LogP contribution in [0.25, 0.3) is 0 Å². The molecule has 1 fully saturated rings. The highest BCUT2D eigenvalue weighted by Crippen LogP contribution is 2.31. The molecule has 1 aliphatic rings. The average molecular weight is 391 g/mol. The van der Waals surface area contributed by atoms with Crippen molar-refractivity contribution >= 4 is 34.6 Å². The number of halogens is 1. The molecule has 0 aliphatic carbocycles. The van der Waals surface area contributed by atoms with E-state index >= 15 is 0 Å². The summed E-state index contributed by atoms with van der Waals surface area (Å²) in [6, 6.07) is 9.95. The summed E-state index contributed by atoms with van der Waals surface area (Å²) in [5, 5.41) is 22.2. The van der Waals surface area contributed by atoms with Crippen LogP contribution in [0.3, 0.4) is 0 Å². The second-order valence-electron chi connectivity index (χ2n) is 5.97. The van der Waals surface area contributed by atoms with Gasteiger partial charge in [-0.2, -0.15) is 0 Å². The van der Waals surface area contributed by atoms with E-state index in [1.165, 1.54) is 30.3 Å². The molecule has 3 rings (SSSR count). The Balaban J connectivity index is 1.69. The predicted molar refractivity (Wildman–Crippen MR) is 99.3 cm³/mol. The first kappa shape index (κ1) is 18.6. The van der Waals surface area contributed by atoms with Crippen molar-refractivity contribution in [3.63, 3.8) is 0 Å². The second kappa shape index (κ2) is 7.58. The highest BCUT2D eigenvalue weighted by molar-refractivity contribution is 6.30. The van der Waals surface area contributed by atoms with Crippen LogP contribution in [0.15, 0.2) is 42.5 Å². The quantitative estimate of drug-likeness (QED) is 0.586. The zero-order chi connectivity index (χ0) is 19.6. The molecule has 0 aromatic heterocycles. The number of benzene rings is 2. The van der Waals surface area contributed by atoms with Crippen LogP contribution in [-0.4, -0.2) is 46.8 Å². The van der Waals surface area contributed by atoms with Gasteiger partial charge in [0.05, 0.1) is 9.85 Å². The molecular formula is C17H15ClN4O5. The van der Waals surface area contributed by atoms with Gasteiger partial charge in [0.15, 0.2) is 0 Å². The number of nitro benzene ring substituents is 2. The van der Waals surface area contributed by atoms with Gasteiger partial charge >= 0.3 is 0 Å². The van der Waals surface area contributed by atoms with Gasteiger partial charge in [-0.05, 0) is 24.3 Å². The molecule has 1 heterocycles. The van der Waals surface area contributed by atoms with E-state index in [-0.39, 0.29) is 22.3 Å². The Morgan fingerprint density at radius 1 is 0.926 bits per heavy atom. The van der Waals surface area contributed by atoms with Crippen molar-refractivity contribution in [2.24, 2.45) is 0 Å². The van der Waals surface area contributed by atoms with E-state index in [9.17, 15) is 25.0 Å². The lowest BCUT2D eigenvalue weighted by molar-refractivity contribution is -0.384. The summed E-state index contributed by atoms with van der Waals surface area (Å²) in [5.74, 6) is -0.227. The van der Waals surface area contributed by atoms with E-state index in [2.05, 4.69) is 0 Å². The first-order valence-electron chi connectivity index (χ1n) is 8.09. The Labute approximate surface area is 159 Å². The van der Waals surface area contributed by atoms with Gasteiger partial charge in [0.25, 0.3) is 17.3 Å². The van der Waals surface area contributed by atoms with Crippen LogP contribution in [-0.2, 0) is 0 Å². The Morgan fingerprint density at radius 2 is 1.56 bits per heavy atom. The fourth-order valence-electron chi connectivity index (χ4n) is 2.97. The Hall–Kier alpha value is -3.20. The Bertz CT molecular complexity index is 895. The monoisotopic (exact) mass is 390 g/mol. The molecule has 0 N–H and O–H groups in total. The van der Waals surface area contributed by atoms with Crippen LogP contribution in [0.1, 0.15) is 10.4 Å². The molecule has 1 amide bonds. The maximum Gasteiger partial charge on any atom is 0.294 e. The number of rotatable bonds is 4. The van der Waals surface area contributed by atoms with E-state index in [1.807, 2.05) is 4.90 Å². The number of nitro groups is 2. The van der Waals surface area contributed by atoms with Crippen LogP contribution in [0, 0.1) is 20.2 Å². The number of anilines is 1. The number of carbonyl (C=O) groups excluding carboxylic acids is 1. The number of amides is 1. The fourth-order valence-corrected chi connectivity index (χ4v) is 3.14. The van der Waals surface area contributed by atoms with Gasteiger partial charge in [-0.15, -0.1) is 0 Å². The topological polar surface area (TPSA) is 110 Å². The number of hydrogen-bond donors (Lipinski definition) is 0. The first-order chi connectivity index (χ1) is 12.9. The molecule has 0 atom stereocenters. The van der Waals surface area contributed by atoms with Gasteiger partial charge in [-0.1, -0.05) is 11.6 Å². The largest absolute Gasteiger partial charge is 0.362 e. The molecule has 1 saturated heterocycles. The minimum atomic E-state index is -0.522. The molecule has 0 saturated carbocycles. The minimum Gasteiger partial charge on any atom is -0.362 e. The third-order valence-corrected chi connectivity index (χ3v) is 4.60. The summed E-state index contributed by atoms with van der Waals surface area (Å²) in [6.07, 6.45) is 0. The maximum atomic E-state index is 12.6. The van der Waals surface area contributed by atoms with Gasteiger partial charge in [-0.3, -0.25) is 25.0 Å². The SMILES string of the molecule is O=C(c1ccc([N+](=O)[O-])cc1)N1CCN(c2ccc(Cl)cc2[N+](=O)[O-])CC1. The summed E-state index contributed by atoms with van der Waals surface area (Å²) >= 11 is 5.85. The third kappa shape index (κ3) is 3.98. The van der Waals surface area contributed by atoms with Crippen LogP contribution < -0.4 is 4.90 Å². The molecule has 10 heteroatoms. The lowest BCUT2D eigenvalue weighted by Gasteiger charge is -2.35. The number of non-ortho nitro benzene ring substituents is 1. The summed E-state index contributed by atoms with van der Waals surface area (Å²) in [6.45, 7) is 1.63. The van der Waals surface area contributed by atoms with Gasteiger partial charge in [-0.25, -0.2) is 0 Å². The highest BCUT2D eigenvalue weighted by atomic mass is 35.5. The maximum absolute atomic E-state index is 12.6. The smallest absolute Gasteiger partial charge is 0.294 e. The van der Waals surface area contributed by atoms with Crippen LogP contribution in [0.4, 0.5) is 17.1 Å². The molecule has 140 valence electrons. The van der Waals surface area contributed by atoms with E-state index < -0.39 is 9.85 Å². The fraction of sp³-hybridized carbons (Fsp3) is 0.235. The molecule has 1 aliphatic heterocycles. The molecule has 0 bridgehead atoms. The zero-order valence-corrected chi connectivity index (χ0v) is 14.8. The van der Waals surface area contributed by atoms with Crippen molar-refractivity contribution in [3.05, 3.63) is 73.3 Å². The lowest BCUT2D eigenvalue weighted by atomic mass is 10.1. The van der Waals surface area contributed by atoms with Crippen LogP contribution in [0.5, 0.6) is 0 Å². The highest BCUT2D eigenvalue weighted by Gasteiger charge is 2.26. The number of piperazine rings is 1. The van der Waals surface area contributed by atoms with Gasteiger partial charge in [0.1, 0.15) is 5.69 Å². The molecule has 2 aromatic carbocycles. The first-order valence-corrected chi connectivity index (χ1v) is 8.47. The van der Waals surface area contributed by atoms with Gasteiger partial charge < -0.3 is 9.80 Å². The Morgan fingerprint density at radius 3 is 2.11 bits per heavy atom. The van der Waals surface area contributed by atoms with Crippen molar-refractivity contribution in [1.82, 2.24) is 4.90 Å². The van der Waals surface area contributed by atoms with Crippen molar-refractivity contribution in [3.8, 4) is 0 Å². The van der Waals surface area contributed by atoms with Crippen molar-refractivity contribution in [2.45, 2.75) is 0 Å². The molecule has 27 heavy (non-hydrogen) atoms. The van der Waals surface area contributed by atoms with E-state index in [0.717, 1.165) is 0 Å². The summed E-state index contributed by atoms with van der Waals surface area (Å²) < 4.78 is 0. The predicted octanol–water partition coefficient (Wildman–Crippen LogP) is 3.12. The van der Waals surface area contributed by atoms with E-state index in [0.29, 0.717) is 37.4 Å². The van der Waals surface area contributed by atoms with Crippen molar-refractivity contribution in [2.75, 3.05) is 31.1 Å². The van der Waals surface area contributed by atoms with Crippen LogP contribution in [0.2, 0.25) is 5.02 Å².